The zero-order chi connectivity index (χ0) is 26.3. The number of anilines is 1. The van der Waals surface area contributed by atoms with E-state index in [0.29, 0.717) is 24.7 Å². The Morgan fingerprint density at radius 3 is 2.37 bits per heavy atom. The second-order valence-electron chi connectivity index (χ2n) is 10.7. The van der Waals surface area contributed by atoms with Crippen molar-refractivity contribution >= 4 is 29.0 Å². The number of hydrogen-bond acceptors (Lipinski definition) is 5. The molecular formula is C31H38Cl2N4O. The molecule has 3 heterocycles. The topological polar surface area (TPSA) is 31.8 Å². The molecule has 2 aliphatic heterocycles. The molecule has 2 aromatic carbocycles. The number of halogens is 2. The number of piperidine rings is 1. The molecule has 38 heavy (non-hydrogen) atoms. The summed E-state index contributed by atoms with van der Waals surface area (Å²) in [6.45, 7) is 5.51. The van der Waals surface area contributed by atoms with Crippen LogP contribution in [0.3, 0.4) is 0 Å². The summed E-state index contributed by atoms with van der Waals surface area (Å²) in [6, 6.07) is 24.1. The highest BCUT2D eigenvalue weighted by Gasteiger charge is 2.37. The van der Waals surface area contributed by atoms with Crippen molar-refractivity contribution in [3.05, 3.63) is 94.1 Å². The number of aromatic nitrogens is 1. The van der Waals surface area contributed by atoms with Crippen LogP contribution in [0.5, 0.6) is 0 Å². The SMILES string of the molecule is CN1C[C@H](CCc2ccc(Cl)cc2)N(C2CCN(c3cc(Cl)ccn3)CC2)C[C@@H]1COCc1ccccc1. The van der Waals surface area contributed by atoms with Gasteiger partial charge in [-0.1, -0.05) is 65.7 Å². The summed E-state index contributed by atoms with van der Waals surface area (Å²) in [5, 5.41) is 1.55. The van der Waals surface area contributed by atoms with Gasteiger partial charge < -0.3 is 9.64 Å². The van der Waals surface area contributed by atoms with Gasteiger partial charge in [0.2, 0.25) is 0 Å². The molecule has 0 aliphatic carbocycles. The Morgan fingerprint density at radius 1 is 0.868 bits per heavy atom. The largest absolute Gasteiger partial charge is 0.375 e. The van der Waals surface area contributed by atoms with Crippen molar-refractivity contribution < 1.29 is 4.74 Å². The third-order valence-corrected chi connectivity index (χ3v) is 8.57. The van der Waals surface area contributed by atoms with Crippen LogP contribution in [-0.4, -0.2) is 72.7 Å². The molecule has 1 aromatic heterocycles. The van der Waals surface area contributed by atoms with E-state index in [-0.39, 0.29) is 0 Å². The van der Waals surface area contributed by atoms with Gasteiger partial charge in [-0.25, -0.2) is 4.98 Å². The number of rotatable bonds is 9. The molecule has 3 aromatic rings. The minimum Gasteiger partial charge on any atom is -0.375 e. The van der Waals surface area contributed by atoms with E-state index in [1.807, 2.05) is 30.3 Å². The summed E-state index contributed by atoms with van der Waals surface area (Å²) in [5.41, 5.74) is 2.58. The van der Waals surface area contributed by atoms with E-state index in [1.165, 1.54) is 11.1 Å². The van der Waals surface area contributed by atoms with Crippen molar-refractivity contribution in [3.63, 3.8) is 0 Å². The van der Waals surface area contributed by atoms with E-state index in [1.54, 1.807) is 6.20 Å². The predicted octanol–water partition coefficient (Wildman–Crippen LogP) is 6.19. The fourth-order valence-electron chi connectivity index (χ4n) is 5.87. The van der Waals surface area contributed by atoms with Crippen molar-refractivity contribution in [2.75, 3.05) is 44.7 Å². The number of likely N-dealkylation sites (N-methyl/N-ethyl adjacent to an activating group) is 1. The van der Waals surface area contributed by atoms with E-state index >= 15 is 0 Å². The Kier molecular flexibility index (Phi) is 9.58. The van der Waals surface area contributed by atoms with Crippen LogP contribution in [0.4, 0.5) is 5.82 Å². The molecular weight excluding hydrogens is 515 g/mol. The lowest BCUT2D eigenvalue weighted by atomic mass is 9.94. The Balaban J connectivity index is 1.23. The van der Waals surface area contributed by atoms with Gasteiger partial charge in [-0.15, -0.1) is 0 Å². The van der Waals surface area contributed by atoms with Gasteiger partial charge in [-0.3, -0.25) is 9.80 Å². The standard InChI is InChI=1S/C31H38Cl2N4O/c1-35-20-29(12-9-24-7-10-26(32)11-8-24)37(21-30(35)23-38-22-25-5-3-2-4-6-25)28-14-17-36(18-15-28)31-19-27(33)13-16-34-31/h2-8,10-11,13,16,19,28-30H,9,12,14-15,17-18,20-23H2,1H3/t29-,30+/m0/s1. The number of aryl methyl sites for hydroxylation is 1. The second kappa shape index (κ2) is 13.3. The number of nitrogens with zero attached hydrogens (tertiary/aromatic N) is 4. The zero-order valence-corrected chi connectivity index (χ0v) is 23.7. The maximum absolute atomic E-state index is 6.24. The first kappa shape index (κ1) is 27.4. The molecule has 7 heteroatoms. The lowest BCUT2D eigenvalue weighted by Gasteiger charge is -2.50. The normalized spacial score (nSPS) is 21.6. The zero-order valence-electron chi connectivity index (χ0n) is 22.2. The van der Waals surface area contributed by atoms with E-state index in [4.69, 9.17) is 27.9 Å². The average Bonchev–Trinajstić information content (AvgIpc) is 2.94. The molecule has 0 radical (unpaired) electrons. The molecule has 0 bridgehead atoms. The first-order chi connectivity index (χ1) is 18.5. The molecule has 0 saturated carbocycles. The number of piperazine rings is 1. The quantitative estimate of drug-likeness (QED) is 0.316. The van der Waals surface area contributed by atoms with E-state index in [9.17, 15) is 0 Å². The van der Waals surface area contributed by atoms with Gasteiger partial charge >= 0.3 is 0 Å². The monoisotopic (exact) mass is 552 g/mol. The summed E-state index contributed by atoms with van der Waals surface area (Å²) < 4.78 is 6.22. The molecule has 5 rings (SSSR count). The first-order valence-corrected chi connectivity index (χ1v) is 14.5. The van der Waals surface area contributed by atoms with E-state index < -0.39 is 0 Å². The number of benzene rings is 2. The van der Waals surface area contributed by atoms with Gasteiger partial charge in [0.1, 0.15) is 5.82 Å². The molecule has 2 atom stereocenters. The molecule has 0 amide bonds. The predicted molar refractivity (Wildman–Crippen MR) is 157 cm³/mol. The third-order valence-electron chi connectivity index (χ3n) is 8.08. The van der Waals surface area contributed by atoms with Crippen molar-refractivity contribution in [2.45, 2.75) is 50.4 Å². The molecule has 2 fully saturated rings. The Bertz CT molecular complexity index is 1140. The molecule has 0 spiro atoms. The van der Waals surface area contributed by atoms with Crippen molar-refractivity contribution in [1.82, 2.24) is 14.8 Å². The van der Waals surface area contributed by atoms with Crippen LogP contribution < -0.4 is 4.90 Å². The molecule has 2 saturated heterocycles. The van der Waals surface area contributed by atoms with Crippen LogP contribution in [0.2, 0.25) is 10.0 Å². The lowest BCUT2D eigenvalue weighted by molar-refractivity contribution is -0.0316. The van der Waals surface area contributed by atoms with Gasteiger partial charge in [0.15, 0.2) is 0 Å². The first-order valence-electron chi connectivity index (χ1n) is 13.7. The van der Waals surface area contributed by atoms with Gasteiger partial charge in [-0.05, 0) is 68.1 Å². The number of pyridine rings is 1. The highest BCUT2D eigenvalue weighted by molar-refractivity contribution is 6.31. The lowest BCUT2D eigenvalue weighted by Crippen LogP contribution is -2.62. The number of ether oxygens (including phenoxy) is 1. The minimum absolute atomic E-state index is 0.387. The van der Waals surface area contributed by atoms with Crippen LogP contribution in [-0.2, 0) is 17.8 Å². The van der Waals surface area contributed by atoms with Crippen LogP contribution in [0, 0.1) is 0 Å². The van der Waals surface area contributed by atoms with Crippen LogP contribution >= 0.6 is 23.2 Å². The smallest absolute Gasteiger partial charge is 0.129 e. The van der Waals surface area contributed by atoms with Crippen molar-refractivity contribution in [3.8, 4) is 0 Å². The second-order valence-corrected chi connectivity index (χ2v) is 11.5. The Labute approximate surface area is 237 Å². The fourth-order valence-corrected chi connectivity index (χ4v) is 6.15. The average molecular weight is 554 g/mol. The molecule has 2 aliphatic rings. The van der Waals surface area contributed by atoms with Crippen molar-refractivity contribution in [2.24, 2.45) is 0 Å². The number of hydrogen-bond donors (Lipinski definition) is 0. The van der Waals surface area contributed by atoms with Gasteiger partial charge in [0.25, 0.3) is 0 Å². The summed E-state index contributed by atoms with van der Waals surface area (Å²) in [7, 11) is 2.26. The summed E-state index contributed by atoms with van der Waals surface area (Å²) >= 11 is 12.4. The van der Waals surface area contributed by atoms with Crippen LogP contribution in [0.15, 0.2) is 72.9 Å². The van der Waals surface area contributed by atoms with Gasteiger partial charge in [0.05, 0.1) is 13.2 Å². The third kappa shape index (κ3) is 7.28. The highest BCUT2D eigenvalue weighted by atomic mass is 35.5. The Morgan fingerprint density at radius 2 is 1.63 bits per heavy atom. The van der Waals surface area contributed by atoms with Crippen LogP contribution in [0.1, 0.15) is 30.4 Å². The molecule has 202 valence electrons. The minimum atomic E-state index is 0.387. The fraction of sp³-hybridized carbons (Fsp3) is 0.452. The maximum atomic E-state index is 6.24. The van der Waals surface area contributed by atoms with E-state index in [0.717, 1.165) is 74.3 Å². The van der Waals surface area contributed by atoms with E-state index in [2.05, 4.69) is 63.1 Å². The maximum Gasteiger partial charge on any atom is 0.129 e. The summed E-state index contributed by atoms with van der Waals surface area (Å²) in [6.07, 6.45) is 6.27. The van der Waals surface area contributed by atoms with Gasteiger partial charge in [-0.2, -0.15) is 0 Å². The molecule has 5 nitrogen and oxygen atoms in total. The summed E-state index contributed by atoms with van der Waals surface area (Å²) in [5.74, 6) is 0.987. The highest BCUT2D eigenvalue weighted by Crippen LogP contribution is 2.28. The van der Waals surface area contributed by atoms with Crippen molar-refractivity contribution in [1.29, 1.82) is 0 Å². The molecule has 0 N–H and O–H groups in total. The Hall–Kier alpha value is -2.15. The van der Waals surface area contributed by atoms with Crippen LogP contribution in [0.25, 0.3) is 0 Å². The van der Waals surface area contributed by atoms with Gasteiger partial charge in [0, 0.05) is 60.5 Å². The molecule has 0 unspecified atom stereocenters. The summed E-state index contributed by atoms with van der Waals surface area (Å²) in [4.78, 5) is 12.3.